The normalized spacial score (nSPS) is 10.8. The molecule has 0 aliphatic rings. The standard InChI is InChI=1S/C17H18BrNO2/c1-19(11-10-13-2-8-16(20)9-3-13)12-17(21)14-4-6-15(18)7-5-14/h2-9,20H,10-12H2,1H3. The fourth-order valence-corrected chi connectivity index (χ4v) is 2.30. The number of hydrogen-bond donors (Lipinski definition) is 1. The van der Waals surface area contributed by atoms with Crippen molar-refractivity contribution in [3.05, 3.63) is 64.1 Å². The van der Waals surface area contributed by atoms with Crippen LogP contribution in [-0.4, -0.2) is 35.9 Å². The van der Waals surface area contributed by atoms with E-state index in [2.05, 4.69) is 15.9 Å². The van der Waals surface area contributed by atoms with E-state index in [0.29, 0.717) is 6.54 Å². The van der Waals surface area contributed by atoms with E-state index in [4.69, 9.17) is 0 Å². The van der Waals surface area contributed by atoms with Crippen molar-refractivity contribution in [2.24, 2.45) is 0 Å². The summed E-state index contributed by atoms with van der Waals surface area (Å²) in [6.45, 7) is 1.20. The van der Waals surface area contributed by atoms with Gasteiger partial charge < -0.3 is 5.11 Å². The van der Waals surface area contributed by atoms with E-state index < -0.39 is 0 Å². The zero-order chi connectivity index (χ0) is 15.2. The molecule has 0 aliphatic heterocycles. The second-order valence-electron chi connectivity index (χ2n) is 5.08. The Morgan fingerprint density at radius 1 is 1.10 bits per heavy atom. The van der Waals surface area contributed by atoms with Crippen LogP contribution in [0.4, 0.5) is 0 Å². The molecule has 4 heteroatoms. The number of rotatable bonds is 6. The van der Waals surface area contributed by atoms with Gasteiger partial charge in [-0.2, -0.15) is 0 Å². The quantitative estimate of drug-likeness (QED) is 0.813. The number of nitrogens with zero attached hydrogens (tertiary/aromatic N) is 1. The summed E-state index contributed by atoms with van der Waals surface area (Å²) in [6.07, 6.45) is 0.852. The highest BCUT2D eigenvalue weighted by atomic mass is 79.9. The van der Waals surface area contributed by atoms with Gasteiger partial charge in [0.2, 0.25) is 0 Å². The van der Waals surface area contributed by atoms with Gasteiger partial charge in [0.1, 0.15) is 5.75 Å². The van der Waals surface area contributed by atoms with E-state index in [1.165, 1.54) is 0 Å². The van der Waals surface area contributed by atoms with Crippen LogP contribution >= 0.6 is 15.9 Å². The fourth-order valence-electron chi connectivity index (χ4n) is 2.03. The molecule has 3 nitrogen and oxygen atoms in total. The first-order valence-electron chi connectivity index (χ1n) is 6.80. The Balaban J connectivity index is 1.83. The number of phenolic OH excluding ortho intramolecular Hbond substituents is 1. The van der Waals surface area contributed by atoms with Gasteiger partial charge in [-0.3, -0.25) is 9.69 Å². The highest BCUT2D eigenvalue weighted by molar-refractivity contribution is 9.10. The van der Waals surface area contributed by atoms with Gasteiger partial charge in [-0.05, 0) is 43.3 Å². The van der Waals surface area contributed by atoms with E-state index in [1.54, 1.807) is 12.1 Å². The van der Waals surface area contributed by atoms with Crippen LogP contribution in [0.1, 0.15) is 15.9 Å². The van der Waals surface area contributed by atoms with Crippen molar-refractivity contribution in [2.75, 3.05) is 20.1 Å². The second-order valence-corrected chi connectivity index (χ2v) is 6.00. The maximum absolute atomic E-state index is 12.1. The first kappa shape index (κ1) is 15.7. The Morgan fingerprint density at radius 3 is 2.33 bits per heavy atom. The van der Waals surface area contributed by atoms with Crippen molar-refractivity contribution in [3.8, 4) is 5.75 Å². The molecule has 0 heterocycles. The van der Waals surface area contributed by atoms with Gasteiger partial charge in [0, 0.05) is 16.6 Å². The number of Topliss-reactive ketones (excluding diaryl/α,β-unsaturated/α-hetero) is 1. The molecule has 2 aromatic rings. The van der Waals surface area contributed by atoms with Crippen molar-refractivity contribution in [2.45, 2.75) is 6.42 Å². The predicted octanol–water partition coefficient (Wildman–Crippen LogP) is 3.51. The second kappa shape index (κ2) is 7.38. The van der Waals surface area contributed by atoms with E-state index in [1.807, 2.05) is 48.3 Å². The molecule has 0 saturated heterocycles. The van der Waals surface area contributed by atoms with E-state index in [-0.39, 0.29) is 11.5 Å². The number of carbonyl (C=O) groups is 1. The van der Waals surface area contributed by atoms with Gasteiger partial charge in [-0.1, -0.05) is 40.2 Å². The van der Waals surface area contributed by atoms with Crippen LogP contribution in [-0.2, 0) is 6.42 Å². The molecular formula is C17H18BrNO2. The highest BCUT2D eigenvalue weighted by Gasteiger charge is 2.09. The van der Waals surface area contributed by atoms with E-state index in [9.17, 15) is 9.90 Å². The number of hydrogen-bond acceptors (Lipinski definition) is 3. The molecule has 0 amide bonds. The Bertz CT molecular complexity index is 593. The molecule has 110 valence electrons. The van der Waals surface area contributed by atoms with Crippen molar-refractivity contribution >= 4 is 21.7 Å². The number of halogens is 1. The lowest BCUT2D eigenvalue weighted by Crippen LogP contribution is -2.28. The monoisotopic (exact) mass is 347 g/mol. The molecule has 0 spiro atoms. The summed E-state index contributed by atoms with van der Waals surface area (Å²) >= 11 is 3.36. The third kappa shape index (κ3) is 4.99. The van der Waals surface area contributed by atoms with Crippen LogP contribution in [0.2, 0.25) is 0 Å². The number of aromatic hydroxyl groups is 1. The molecule has 0 aromatic heterocycles. The largest absolute Gasteiger partial charge is 0.508 e. The SMILES string of the molecule is CN(CCc1ccc(O)cc1)CC(=O)c1ccc(Br)cc1. The van der Waals surface area contributed by atoms with Gasteiger partial charge in [0.25, 0.3) is 0 Å². The molecule has 0 fully saturated rings. The Hall–Kier alpha value is -1.65. The predicted molar refractivity (Wildman–Crippen MR) is 87.8 cm³/mol. The minimum Gasteiger partial charge on any atom is -0.508 e. The zero-order valence-electron chi connectivity index (χ0n) is 11.9. The minimum absolute atomic E-state index is 0.121. The van der Waals surface area contributed by atoms with Gasteiger partial charge in [0.15, 0.2) is 5.78 Å². The van der Waals surface area contributed by atoms with Gasteiger partial charge >= 0.3 is 0 Å². The van der Waals surface area contributed by atoms with Crippen molar-refractivity contribution in [3.63, 3.8) is 0 Å². The average Bonchev–Trinajstić information content (AvgIpc) is 2.47. The van der Waals surface area contributed by atoms with Gasteiger partial charge in [-0.25, -0.2) is 0 Å². The van der Waals surface area contributed by atoms with Crippen LogP contribution in [0, 0.1) is 0 Å². The third-order valence-corrected chi connectivity index (χ3v) is 3.83. The lowest BCUT2D eigenvalue weighted by molar-refractivity contribution is 0.0947. The summed E-state index contributed by atoms with van der Waals surface area (Å²) in [5.41, 5.74) is 1.88. The highest BCUT2D eigenvalue weighted by Crippen LogP contribution is 2.12. The smallest absolute Gasteiger partial charge is 0.176 e. The Morgan fingerprint density at radius 2 is 1.71 bits per heavy atom. The molecule has 0 radical (unpaired) electrons. The summed E-state index contributed by atoms with van der Waals surface area (Å²) in [7, 11) is 1.94. The first-order valence-corrected chi connectivity index (χ1v) is 7.59. The summed E-state index contributed by atoms with van der Waals surface area (Å²) in [5.74, 6) is 0.397. The topological polar surface area (TPSA) is 40.5 Å². The summed E-state index contributed by atoms with van der Waals surface area (Å²) < 4.78 is 0.972. The molecule has 0 bridgehead atoms. The lowest BCUT2D eigenvalue weighted by atomic mass is 10.1. The van der Waals surface area contributed by atoms with Gasteiger partial charge in [0.05, 0.1) is 6.54 Å². The molecule has 2 aromatic carbocycles. The van der Waals surface area contributed by atoms with Crippen LogP contribution in [0.5, 0.6) is 5.75 Å². The first-order chi connectivity index (χ1) is 10.0. The zero-order valence-corrected chi connectivity index (χ0v) is 13.5. The third-order valence-electron chi connectivity index (χ3n) is 3.30. The van der Waals surface area contributed by atoms with Crippen molar-refractivity contribution in [1.82, 2.24) is 4.90 Å². The van der Waals surface area contributed by atoms with Crippen molar-refractivity contribution < 1.29 is 9.90 Å². The fraction of sp³-hybridized carbons (Fsp3) is 0.235. The number of benzene rings is 2. The molecule has 2 rings (SSSR count). The summed E-state index contributed by atoms with van der Waals surface area (Å²) in [6, 6.07) is 14.6. The molecule has 0 atom stereocenters. The molecule has 21 heavy (non-hydrogen) atoms. The maximum Gasteiger partial charge on any atom is 0.176 e. The van der Waals surface area contributed by atoms with Crippen molar-refractivity contribution in [1.29, 1.82) is 0 Å². The molecule has 0 aliphatic carbocycles. The maximum atomic E-state index is 12.1. The molecule has 0 saturated carbocycles. The molecular weight excluding hydrogens is 330 g/mol. The number of carbonyl (C=O) groups excluding carboxylic acids is 1. The molecule has 1 N–H and O–H groups in total. The molecule has 0 unspecified atom stereocenters. The van der Waals surface area contributed by atoms with E-state index in [0.717, 1.165) is 28.6 Å². The average molecular weight is 348 g/mol. The van der Waals surface area contributed by atoms with Crippen LogP contribution < -0.4 is 0 Å². The number of ketones is 1. The minimum atomic E-state index is 0.121. The summed E-state index contributed by atoms with van der Waals surface area (Å²) in [5, 5.41) is 9.24. The Kier molecular flexibility index (Phi) is 5.53. The number of phenols is 1. The number of likely N-dealkylation sites (N-methyl/N-ethyl adjacent to an activating group) is 1. The lowest BCUT2D eigenvalue weighted by Gasteiger charge is -2.15. The van der Waals surface area contributed by atoms with E-state index >= 15 is 0 Å². The Labute approximate surface area is 133 Å². The van der Waals surface area contributed by atoms with Crippen LogP contribution in [0.15, 0.2) is 53.0 Å². The summed E-state index contributed by atoms with van der Waals surface area (Å²) in [4.78, 5) is 14.1. The van der Waals surface area contributed by atoms with Gasteiger partial charge in [-0.15, -0.1) is 0 Å². The van der Waals surface area contributed by atoms with Crippen LogP contribution in [0.25, 0.3) is 0 Å². The van der Waals surface area contributed by atoms with Crippen LogP contribution in [0.3, 0.4) is 0 Å².